The lowest BCUT2D eigenvalue weighted by molar-refractivity contribution is 0.107. The lowest BCUT2D eigenvalue weighted by Crippen LogP contribution is -1.95. The number of halogens is 1. The number of carbonyl (C=O) groups excluding carboxylic acids is 1. The Kier molecular flexibility index (Phi) is 2.69. The molecule has 0 aliphatic carbocycles. The van der Waals surface area contributed by atoms with E-state index in [9.17, 15) is 4.79 Å². The molecule has 2 heterocycles. The van der Waals surface area contributed by atoms with Crippen LogP contribution in [0, 0.1) is 6.92 Å². The third kappa shape index (κ3) is 1.74. The van der Waals surface area contributed by atoms with E-state index in [1.165, 1.54) is 11.3 Å². The Morgan fingerprint density at radius 1 is 1.33 bits per heavy atom. The van der Waals surface area contributed by atoms with Gasteiger partial charge in [-0.2, -0.15) is 0 Å². The van der Waals surface area contributed by atoms with Crippen LogP contribution in [0.25, 0.3) is 16.2 Å². The van der Waals surface area contributed by atoms with E-state index in [0.717, 1.165) is 21.1 Å². The number of rotatable bonds is 2. The first-order chi connectivity index (χ1) is 8.66. The maximum absolute atomic E-state index is 11.4. The molecule has 0 atom stereocenters. The van der Waals surface area contributed by atoms with Crippen LogP contribution >= 0.6 is 22.9 Å². The zero-order valence-corrected chi connectivity index (χ0v) is 11.1. The molecular formula is C13H9ClN2OS. The van der Waals surface area contributed by atoms with Crippen molar-refractivity contribution in [1.29, 1.82) is 0 Å². The van der Waals surface area contributed by atoms with E-state index in [0.29, 0.717) is 5.69 Å². The lowest BCUT2D eigenvalue weighted by Gasteiger charge is -1.95. The zero-order chi connectivity index (χ0) is 12.7. The van der Waals surface area contributed by atoms with Gasteiger partial charge in [0.15, 0.2) is 4.96 Å². The Morgan fingerprint density at radius 2 is 2.06 bits per heavy atom. The third-order valence-electron chi connectivity index (χ3n) is 2.75. The molecule has 0 fully saturated rings. The predicted octanol–water partition coefficient (Wildman–Crippen LogP) is 3.75. The topological polar surface area (TPSA) is 34.4 Å². The number of thiazole rings is 1. The average molecular weight is 277 g/mol. The number of hydrogen-bond donors (Lipinski definition) is 0. The SMILES string of the molecule is Cc1sc2nc(-c3ccccc3)cn2c1C(=O)Cl. The first kappa shape index (κ1) is 11.4. The molecule has 0 amide bonds. The van der Waals surface area contributed by atoms with Gasteiger partial charge in [-0.1, -0.05) is 30.3 Å². The zero-order valence-electron chi connectivity index (χ0n) is 9.55. The molecule has 0 aliphatic heterocycles. The van der Waals surface area contributed by atoms with Crippen molar-refractivity contribution in [2.75, 3.05) is 0 Å². The number of fused-ring (bicyclic) bond motifs is 1. The molecular weight excluding hydrogens is 268 g/mol. The number of imidazole rings is 1. The van der Waals surface area contributed by atoms with Crippen LogP contribution in [-0.2, 0) is 0 Å². The standard InChI is InChI=1S/C13H9ClN2OS/c1-8-11(12(14)17)16-7-10(15-13(16)18-8)9-5-3-2-4-6-9/h2-7H,1H3. The minimum Gasteiger partial charge on any atom is -0.285 e. The molecule has 0 saturated carbocycles. The van der Waals surface area contributed by atoms with E-state index in [1.807, 2.05) is 43.5 Å². The minimum atomic E-state index is -0.448. The number of carbonyl (C=O) groups is 1. The normalized spacial score (nSPS) is 11.0. The second-order valence-corrected chi connectivity index (χ2v) is 5.45. The lowest BCUT2D eigenvalue weighted by atomic mass is 10.2. The largest absolute Gasteiger partial charge is 0.285 e. The molecule has 5 heteroatoms. The summed E-state index contributed by atoms with van der Waals surface area (Å²) in [6.45, 7) is 1.87. The van der Waals surface area contributed by atoms with Crippen LogP contribution in [-0.4, -0.2) is 14.6 Å². The molecule has 18 heavy (non-hydrogen) atoms. The van der Waals surface area contributed by atoms with Gasteiger partial charge in [0.25, 0.3) is 5.24 Å². The number of aromatic nitrogens is 2. The van der Waals surface area contributed by atoms with Gasteiger partial charge in [0.2, 0.25) is 0 Å². The van der Waals surface area contributed by atoms with Crippen LogP contribution in [0.15, 0.2) is 36.5 Å². The number of benzene rings is 1. The fourth-order valence-corrected chi connectivity index (χ4v) is 3.17. The summed E-state index contributed by atoms with van der Waals surface area (Å²) in [7, 11) is 0. The van der Waals surface area contributed by atoms with Crippen molar-refractivity contribution in [2.24, 2.45) is 0 Å². The summed E-state index contributed by atoms with van der Waals surface area (Å²) in [5.74, 6) is 0. The number of nitrogens with zero attached hydrogens (tertiary/aromatic N) is 2. The molecule has 2 aromatic heterocycles. The maximum atomic E-state index is 11.4. The summed E-state index contributed by atoms with van der Waals surface area (Å²) >= 11 is 7.07. The first-order valence-electron chi connectivity index (χ1n) is 5.40. The van der Waals surface area contributed by atoms with Crippen molar-refractivity contribution < 1.29 is 4.79 Å². The molecule has 3 aromatic rings. The van der Waals surface area contributed by atoms with Gasteiger partial charge in [-0.15, -0.1) is 11.3 Å². The summed E-state index contributed by atoms with van der Waals surface area (Å²) in [6, 6.07) is 9.85. The van der Waals surface area contributed by atoms with E-state index >= 15 is 0 Å². The quantitative estimate of drug-likeness (QED) is 0.668. The van der Waals surface area contributed by atoms with Crippen LogP contribution in [0.4, 0.5) is 0 Å². The highest BCUT2D eigenvalue weighted by molar-refractivity contribution is 7.17. The second-order valence-electron chi connectivity index (χ2n) is 3.93. The summed E-state index contributed by atoms with van der Waals surface area (Å²) in [5.41, 5.74) is 2.38. The molecule has 0 radical (unpaired) electrons. The van der Waals surface area contributed by atoms with E-state index in [-0.39, 0.29) is 0 Å². The monoisotopic (exact) mass is 276 g/mol. The van der Waals surface area contributed by atoms with Gasteiger partial charge < -0.3 is 0 Å². The molecule has 0 N–H and O–H groups in total. The van der Waals surface area contributed by atoms with Crippen molar-refractivity contribution in [2.45, 2.75) is 6.92 Å². The Bertz CT molecular complexity index is 730. The molecule has 90 valence electrons. The van der Waals surface area contributed by atoms with Crippen LogP contribution in [0.3, 0.4) is 0 Å². The summed E-state index contributed by atoms with van der Waals surface area (Å²) in [4.78, 5) is 17.6. The molecule has 3 nitrogen and oxygen atoms in total. The van der Waals surface area contributed by atoms with Crippen molar-refractivity contribution in [3.63, 3.8) is 0 Å². The molecule has 0 spiro atoms. The second kappa shape index (κ2) is 4.23. The smallest absolute Gasteiger partial charge is 0.270 e. The van der Waals surface area contributed by atoms with Gasteiger partial charge in [-0.05, 0) is 18.5 Å². The van der Waals surface area contributed by atoms with Gasteiger partial charge in [-0.3, -0.25) is 9.20 Å². The molecule has 0 aliphatic rings. The van der Waals surface area contributed by atoms with Gasteiger partial charge in [0, 0.05) is 16.6 Å². The highest BCUT2D eigenvalue weighted by Gasteiger charge is 2.17. The van der Waals surface area contributed by atoms with Crippen LogP contribution < -0.4 is 0 Å². The minimum absolute atomic E-state index is 0.448. The summed E-state index contributed by atoms with van der Waals surface area (Å²) in [6.07, 6.45) is 1.85. The van der Waals surface area contributed by atoms with Crippen LogP contribution in [0.1, 0.15) is 15.4 Å². The Labute approximate surface area is 113 Å². The van der Waals surface area contributed by atoms with Gasteiger partial charge in [0.05, 0.1) is 5.69 Å². The Balaban J connectivity index is 2.21. The van der Waals surface area contributed by atoms with Gasteiger partial charge in [0.1, 0.15) is 5.69 Å². The van der Waals surface area contributed by atoms with Crippen molar-refractivity contribution in [3.8, 4) is 11.3 Å². The van der Waals surface area contributed by atoms with Crippen LogP contribution in [0.2, 0.25) is 0 Å². The van der Waals surface area contributed by atoms with Crippen molar-refractivity contribution >= 4 is 33.1 Å². The molecule has 1 aromatic carbocycles. The Morgan fingerprint density at radius 3 is 2.72 bits per heavy atom. The van der Waals surface area contributed by atoms with Gasteiger partial charge >= 0.3 is 0 Å². The van der Waals surface area contributed by atoms with E-state index in [4.69, 9.17) is 11.6 Å². The first-order valence-corrected chi connectivity index (χ1v) is 6.60. The van der Waals surface area contributed by atoms with Crippen molar-refractivity contribution in [3.05, 3.63) is 47.1 Å². The van der Waals surface area contributed by atoms with E-state index < -0.39 is 5.24 Å². The third-order valence-corrected chi connectivity index (χ3v) is 3.90. The fourth-order valence-electron chi connectivity index (χ4n) is 1.93. The van der Waals surface area contributed by atoms with Gasteiger partial charge in [-0.25, -0.2) is 4.98 Å². The maximum Gasteiger partial charge on any atom is 0.270 e. The fraction of sp³-hybridized carbons (Fsp3) is 0.0769. The molecule has 0 unspecified atom stereocenters. The van der Waals surface area contributed by atoms with Crippen LogP contribution in [0.5, 0.6) is 0 Å². The highest BCUT2D eigenvalue weighted by Crippen LogP contribution is 2.27. The Hall–Kier alpha value is -1.65. The van der Waals surface area contributed by atoms with Crippen molar-refractivity contribution in [1.82, 2.24) is 9.38 Å². The molecule has 0 saturated heterocycles. The van der Waals surface area contributed by atoms with E-state index in [2.05, 4.69) is 4.98 Å². The molecule has 3 rings (SSSR count). The number of aryl methyl sites for hydroxylation is 1. The number of hydrogen-bond acceptors (Lipinski definition) is 3. The molecule has 0 bridgehead atoms. The summed E-state index contributed by atoms with van der Waals surface area (Å²) < 4.78 is 1.76. The highest BCUT2D eigenvalue weighted by atomic mass is 35.5. The predicted molar refractivity (Wildman–Crippen MR) is 73.4 cm³/mol. The average Bonchev–Trinajstić information content (AvgIpc) is 2.85. The van der Waals surface area contributed by atoms with E-state index in [1.54, 1.807) is 4.40 Å². The summed E-state index contributed by atoms with van der Waals surface area (Å²) in [5, 5.41) is -0.448.